The second-order valence-electron chi connectivity index (χ2n) is 6.83. The van der Waals surface area contributed by atoms with Crippen molar-refractivity contribution in [3.8, 4) is 5.75 Å². The van der Waals surface area contributed by atoms with Crippen molar-refractivity contribution in [1.29, 1.82) is 0 Å². The third-order valence-corrected chi connectivity index (χ3v) is 7.31. The SMILES string of the molecule is O=c1c(C2=NS(=O)(=O)c3ccccc3N2)c(O)c2ccccc2n1NCc1cnc(Cl)s1. The van der Waals surface area contributed by atoms with E-state index in [9.17, 15) is 18.3 Å². The van der Waals surface area contributed by atoms with Crippen molar-refractivity contribution in [1.82, 2.24) is 9.66 Å². The lowest BCUT2D eigenvalue weighted by Crippen LogP contribution is -2.36. The van der Waals surface area contributed by atoms with Crippen LogP contribution in [0.15, 0.2) is 68.8 Å². The van der Waals surface area contributed by atoms with Gasteiger partial charge < -0.3 is 15.8 Å². The Hall–Kier alpha value is -3.41. The number of nitrogens with zero attached hydrogens (tertiary/aromatic N) is 3. The highest BCUT2D eigenvalue weighted by Crippen LogP contribution is 2.32. The number of thiazole rings is 1. The third kappa shape index (κ3) is 3.40. The Labute approximate surface area is 190 Å². The number of hydrogen-bond acceptors (Lipinski definition) is 8. The highest BCUT2D eigenvalue weighted by Gasteiger charge is 2.29. The number of halogens is 1. The van der Waals surface area contributed by atoms with Crippen molar-refractivity contribution in [3.63, 3.8) is 0 Å². The van der Waals surface area contributed by atoms with E-state index in [1.54, 1.807) is 48.7 Å². The molecule has 2 aromatic heterocycles. The summed E-state index contributed by atoms with van der Waals surface area (Å²) in [6, 6.07) is 12.9. The molecule has 5 rings (SSSR count). The van der Waals surface area contributed by atoms with E-state index in [-0.39, 0.29) is 34.3 Å². The number of pyridine rings is 1. The number of benzene rings is 2. The van der Waals surface area contributed by atoms with Gasteiger partial charge in [-0.15, -0.1) is 15.7 Å². The molecule has 0 spiro atoms. The van der Waals surface area contributed by atoms with E-state index in [0.717, 1.165) is 4.88 Å². The molecule has 32 heavy (non-hydrogen) atoms. The molecular formula is C20H14ClN5O4S2. The van der Waals surface area contributed by atoms with Crippen LogP contribution in [0.4, 0.5) is 5.69 Å². The van der Waals surface area contributed by atoms with Gasteiger partial charge >= 0.3 is 0 Å². The van der Waals surface area contributed by atoms with Gasteiger partial charge in [0, 0.05) is 16.5 Å². The lowest BCUT2D eigenvalue weighted by molar-refractivity contribution is 0.478. The maximum Gasteiger partial charge on any atom is 0.286 e. The molecule has 162 valence electrons. The number of fused-ring (bicyclic) bond motifs is 2. The number of aromatic nitrogens is 2. The first-order valence-electron chi connectivity index (χ1n) is 9.27. The van der Waals surface area contributed by atoms with Gasteiger partial charge in [0.2, 0.25) is 0 Å². The molecule has 12 heteroatoms. The Morgan fingerprint density at radius 2 is 1.91 bits per heavy atom. The molecule has 1 aliphatic heterocycles. The van der Waals surface area contributed by atoms with Gasteiger partial charge in [-0.05, 0) is 24.3 Å². The second kappa shape index (κ2) is 7.62. The van der Waals surface area contributed by atoms with Gasteiger partial charge in [-0.1, -0.05) is 35.9 Å². The molecular weight excluding hydrogens is 474 g/mol. The van der Waals surface area contributed by atoms with Gasteiger partial charge in [-0.25, -0.2) is 9.66 Å². The number of amidine groups is 1. The largest absolute Gasteiger partial charge is 0.506 e. The van der Waals surface area contributed by atoms with Gasteiger partial charge in [0.15, 0.2) is 10.3 Å². The molecule has 0 atom stereocenters. The fourth-order valence-corrected chi connectivity index (χ4v) is 5.47. The summed E-state index contributed by atoms with van der Waals surface area (Å²) in [6.45, 7) is 0.236. The van der Waals surface area contributed by atoms with E-state index in [4.69, 9.17) is 11.6 Å². The Bertz CT molecular complexity index is 1580. The second-order valence-corrected chi connectivity index (χ2v) is 10.1. The monoisotopic (exact) mass is 487 g/mol. The van der Waals surface area contributed by atoms with Gasteiger partial charge in [0.25, 0.3) is 15.6 Å². The zero-order valence-corrected chi connectivity index (χ0v) is 18.5. The summed E-state index contributed by atoms with van der Waals surface area (Å²) in [6.07, 6.45) is 1.59. The molecule has 0 amide bonds. The summed E-state index contributed by atoms with van der Waals surface area (Å²) in [5.41, 5.74) is 2.75. The van der Waals surface area contributed by atoms with Crippen molar-refractivity contribution in [2.45, 2.75) is 11.4 Å². The molecule has 9 nitrogen and oxygen atoms in total. The number of anilines is 1. The summed E-state index contributed by atoms with van der Waals surface area (Å²) >= 11 is 7.14. The zero-order chi connectivity index (χ0) is 22.5. The van der Waals surface area contributed by atoms with E-state index in [1.165, 1.54) is 22.1 Å². The quantitative estimate of drug-likeness (QED) is 0.403. The van der Waals surface area contributed by atoms with Crippen LogP contribution < -0.4 is 16.3 Å². The maximum absolute atomic E-state index is 13.4. The third-order valence-electron chi connectivity index (χ3n) is 4.86. The summed E-state index contributed by atoms with van der Waals surface area (Å²) in [4.78, 5) is 18.2. The molecule has 0 saturated carbocycles. The zero-order valence-electron chi connectivity index (χ0n) is 16.1. The predicted molar refractivity (Wildman–Crippen MR) is 124 cm³/mol. The Balaban J connectivity index is 1.69. The van der Waals surface area contributed by atoms with Crippen LogP contribution in [-0.2, 0) is 16.6 Å². The normalized spacial score (nSPS) is 14.5. The van der Waals surface area contributed by atoms with Crippen LogP contribution in [0.5, 0.6) is 5.75 Å². The first-order valence-corrected chi connectivity index (χ1v) is 11.9. The van der Waals surface area contributed by atoms with Crippen LogP contribution in [0.3, 0.4) is 0 Å². The number of rotatable bonds is 4. The Kier molecular flexibility index (Phi) is 4.88. The molecule has 0 bridgehead atoms. The van der Waals surface area contributed by atoms with E-state index in [2.05, 4.69) is 20.1 Å². The number of aromatic hydroxyl groups is 1. The van der Waals surface area contributed by atoms with E-state index in [1.807, 2.05) is 0 Å². The van der Waals surface area contributed by atoms with Crippen LogP contribution in [0.2, 0.25) is 4.47 Å². The molecule has 0 saturated heterocycles. The Morgan fingerprint density at radius 1 is 1.16 bits per heavy atom. The first kappa shape index (κ1) is 20.5. The molecule has 0 fully saturated rings. The fourth-order valence-electron chi connectivity index (χ4n) is 3.44. The molecule has 0 unspecified atom stereocenters. The lowest BCUT2D eigenvalue weighted by atomic mass is 10.1. The van der Waals surface area contributed by atoms with E-state index in [0.29, 0.717) is 15.4 Å². The highest BCUT2D eigenvalue weighted by molar-refractivity contribution is 7.90. The summed E-state index contributed by atoms with van der Waals surface area (Å²) in [5.74, 6) is -0.626. The van der Waals surface area contributed by atoms with Crippen molar-refractivity contribution in [2.75, 3.05) is 10.7 Å². The summed E-state index contributed by atoms with van der Waals surface area (Å²) in [7, 11) is -4.07. The van der Waals surface area contributed by atoms with Crippen molar-refractivity contribution in [2.24, 2.45) is 4.40 Å². The number of sulfonamides is 1. The van der Waals surface area contributed by atoms with Crippen LogP contribution >= 0.6 is 22.9 Å². The van der Waals surface area contributed by atoms with Crippen molar-refractivity contribution in [3.05, 3.63) is 80.0 Å². The molecule has 1 aliphatic rings. The van der Waals surface area contributed by atoms with Crippen LogP contribution in [0.1, 0.15) is 10.4 Å². The van der Waals surface area contributed by atoms with E-state index < -0.39 is 15.6 Å². The minimum absolute atomic E-state index is 0.00967. The summed E-state index contributed by atoms with van der Waals surface area (Å²) < 4.78 is 30.8. The standard InChI is InChI=1S/C20H14ClN5O4S2/c21-20-22-9-11(31-20)10-23-26-14-7-3-1-5-12(14)17(27)16(19(26)28)18-24-13-6-2-4-8-15(13)32(29,30)25-18/h1-9,23,27H,10H2,(H,24,25). The molecule has 3 heterocycles. The number of para-hydroxylation sites is 2. The fraction of sp³-hybridized carbons (Fsp3) is 0.0500. The molecule has 2 aromatic carbocycles. The lowest BCUT2D eigenvalue weighted by Gasteiger charge is -2.20. The predicted octanol–water partition coefficient (Wildman–Crippen LogP) is 3.12. The van der Waals surface area contributed by atoms with Crippen molar-refractivity contribution >= 4 is 55.4 Å². The number of hydrogen-bond donors (Lipinski definition) is 3. The maximum atomic E-state index is 13.4. The minimum Gasteiger partial charge on any atom is -0.506 e. The molecule has 3 N–H and O–H groups in total. The minimum atomic E-state index is -4.07. The van der Waals surface area contributed by atoms with Gasteiger partial charge in [-0.3, -0.25) is 4.79 Å². The average Bonchev–Trinajstić information content (AvgIpc) is 3.18. The summed E-state index contributed by atoms with van der Waals surface area (Å²) in [5, 5.41) is 14.1. The van der Waals surface area contributed by atoms with Gasteiger partial charge in [0.1, 0.15) is 16.2 Å². The highest BCUT2D eigenvalue weighted by atomic mass is 35.5. The van der Waals surface area contributed by atoms with Crippen LogP contribution in [0.25, 0.3) is 10.9 Å². The van der Waals surface area contributed by atoms with Crippen LogP contribution in [-0.4, -0.2) is 29.0 Å². The van der Waals surface area contributed by atoms with Crippen LogP contribution in [0, 0.1) is 0 Å². The molecule has 0 aliphatic carbocycles. The van der Waals surface area contributed by atoms with Gasteiger partial charge in [0.05, 0.1) is 17.7 Å². The first-order chi connectivity index (χ1) is 15.3. The van der Waals surface area contributed by atoms with Crippen molar-refractivity contribution < 1.29 is 13.5 Å². The van der Waals surface area contributed by atoms with Gasteiger partial charge in [-0.2, -0.15) is 8.42 Å². The molecule has 0 radical (unpaired) electrons. The Morgan fingerprint density at radius 3 is 2.69 bits per heavy atom. The number of nitrogens with one attached hydrogen (secondary N) is 2. The topological polar surface area (TPSA) is 126 Å². The smallest absolute Gasteiger partial charge is 0.286 e. The molecule has 4 aromatic rings. The average molecular weight is 488 g/mol. The van der Waals surface area contributed by atoms with E-state index >= 15 is 0 Å².